The summed E-state index contributed by atoms with van der Waals surface area (Å²) in [6.45, 7) is 0.340. The van der Waals surface area contributed by atoms with E-state index in [2.05, 4.69) is 5.32 Å². The summed E-state index contributed by atoms with van der Waals surface area (Å²) < 4.78 is 1.92. The monoisotopic (exact) mass is 276 g/mol. The number of hydrogen-bond donors (Lipinski definition) is 2. The molecule has 1 aliphatic carbocycles. The summed E-state index contributed by atoms with van der Waals surface area (Å²) in [5, 5.41) is 14.5. The first kappa shape index (κ1) is 12.4. The van der Waals surface area contributed by atoms with Gasteiger partial charge in [0.15, 0.2) is 0 Å². The van der Waals surface area contributed by atoms with Crippen molar-refractivity contribution in [2.45, 2.75) is 18.9 Å². The van der Waals surface area contributed by atoms with Crippen LogP contribution in [0.1, 0.15) is 22.5 Å². The largest absolute Gasteiger partial charge is 0.391 e. The number of rotatable bonds is 5. The van der Waals surface area contributed by atoms with Gasteiger partial charge in [0.2, 0.25) is 0 Å². The molecule has 0 saturated heterocycles. The van der Waals surface area contributed by atoms with Crippen LogP contribution in [-0.4, -0.2) is 28.2 Å². The van der Waals surface area contributed by atoms with Crippen molar-refractivity contribution >= 4 is 17.2 Å². The Morgan fingerprint density at radius 1 is 1.47 bits per heavy atom. The Hall–Kier alpha value is -1.59. The lowest BCUT2D eigenvalue weighted by atomic mass is 10.2. The van der Waals surface area contributed by atoms with Crippen LogP contribution in [0.5, 0.6) is 0 Å². The second-order valence-electron chi connectivity index (χ2n) is 4.84. The van der Waals surface area contributed by atoms with E-state index in [4.69, 9.17) is 0 Å². The molecular weight excluding hydrogens is 260 g/mol. The Morgan fingerprint density at radius 2 is 2.21 bits per heavy atom. The number of hydrogen-bond acceptors (Lipinski definition) is 3. The predicted molar refractivity (Wildman–Crippen MR) is 74.7 cm³/mol. The second kappa shape index (κ2) is 5.19. The van der Waals surface area contributed by atoms with Crippen LogP contribution in [0, 0.1) is 5.92 Å². The summed E-state index contributed by atoms with van der Waals surface area (Å²) in [6, 6.07) is 5.78. The minimum absolute atomic E-state index is 0.113. The Bertz CT molecular complexity index is 558. The molecule has 2 N–H and O–H groups in total. The third-order valence-electron chi connectivity index (χ3n) is 3.37. The van der Waals surface area contributed by atoms with Crippen LogP contribution in [-0.2, 0) is 0 Å². The van der Waals surface area contributed by atoms with Crippen LogP contribution in [0.15, 0.2) is 36.0 Å². The molecule has 0 aliphatic heterocycles. The highest BCUT2D eigenvalue weighted by atomic mass is 32.1. The van der Waals surface area contributed by atoms with Crippen molar-refractivity contribution in [3.05, 3.63) is 40.8 Å². The molecular formula is C14H16N2O2S. The first-order chi connectivity index (χ1) is 9.25. The zero-order valence-corrected chi connectivity index (χ0v) is 11.3. The zero-order valence-electron chi connectivity index (χ0n) is 10.5. The van der Waals surface area contributed by atoms with Gasteiger partial charge in [-0.2, -0.15) is 0 Å². The zero-order chi connectivity index (χ0) is 13.2. The van der Waals surface area contributed by atoms with Crippen molar-refractivity contribution in [2.75, 3.05) is 6.54 Å². The second-order valence-corrected chi connectivity index (χ2v) is 5.76. The molecule has 1 amide bonds. The van der Waals surface area contributed by atoms with Crippen molar-refractivity contribution in [1.82, 2.24) is 9.88 Å². The van der Waals surface area contributed by atoms with Crippen molar-refractivity contribution in [3.8, 4) is 5.69 Å². The lowest BCUT2D eigenvalue weighted by Crippen LogP contribution is -2.33. The SMILES string of the molecule is O=C(NCC(O)C1CC1)c1sccc1-n1cccc1. The summed E-state index contributed by atoms with van der Waals surface area (Å²) in [5.74, 6) is 0.269. The molecule has 19 heavy (non-hydrogen) atoms. The van der Waals surface area contributed by atoms with Gasteiger partial charge in [-0.3, -0.25) is 4.79 Å². The fourth-order valence-electron chi connectivity index (χ4n) is 2.10. The fourth-order valence-corrected chi connectivity index (χ4v) is 2.90. The van der Waals surface area contributed by atoms with E-state index in [1.165, 1.54) is 11.3 Å². The molecule has 0 aromatic carbocycles. The van der Waals surface area contributed by atoms with Crippen molar-refractivity contribution in [2.24, 2.45) is 5.92 Å². The maximum atomic E-state index is 12.1. The van der Waals surface area contributed by atoms with Gasteiger partial charge in [0.25, 0.3) is 5.91 Å². The summed E-state index contributed by atoms with van der Waals surface area (Å²) in [5.41, 5.74) is 0.883. The number of nitrogens with one attached hydrogen (secondary N) is 1. The number of carbonyl (C=O) groups is 1. The molecule has 0 bridgehead atoms. The van der Waals surface area contributed by atoms with Crippen molar-refractivity contribution < 1.29 is 9.90 Å². The molecule has 2 aromatic rings. The van der Waals surface area contributed by atoms with E-state index in [0.717, 1.165) is 18.5 Å². The van der Waals surface area contributed by atoms with E-state index in [-0.39, 0.29) is 5.91 Å². The third kappa shape index (κ3) is 2.72. The summed E-state index contributed by atoms with van der Waals surface area (Å²) >= 11 is 1.42. The van der Waals surface area contributed by atoms with E-state index in [1.807, 2.05) is 40.5 Å². The molecule has 0 radical (unpaired) electrons. The highest BCUT2D eigenvalue weighted by Gasteiger charge is 2.30. The summed E-state index contributed by atoms with van der Waals surface area (Å²) in [6.07, 6.45) is 5.57. The lowest BCUT2D eigenvalue weighted by Gasteiger charge is -2.11. The number of thiophene rings is 1. The normalized spacial score (nSPS) is 16.3. The van der Waals surface area contributed by atoms with E-state index in [1.54, 1.807) is 0 Å². The van der Waals surface area contributed by atoms with Gasteiger partial charge < -0.3 is 15.0 Å². The number of carbonyl (C=O) groups excluding carboxylic acids is 1. The lowest BCUT2D eigenvalue weighted by molar-refractivity contribution is 0.0905. The van der Waals surface area contributed by atoms with Crippen LogP contribution in [0.25, 0.3) is 5.69 Å². The number of amides is 1. The molecule has 1 fully saturated rings. The molecule has 1 atom stereocenters. The molecule has 2 heterocycles. The smallest absolute Gasteiger partial charge is 0.263 e. The Kier molecular flexibility index (Phi) is 3.40. The van der Waals surface area contributed by atoms with Crippen molar-refractivity contribution in [1.29, 1.82) is 0 Å². The molecule has 100 valence electrons. The number of nitrogens with zero attached hydrogens (tertiary/aromatic N) is 1. The van der Waals surface area contributed by atoms with Gasteiger partial charge in [-0.1, -0.05) is 0 Å². The third-order valence-corrected chi connectivity index (χ3v) is 4.27. The van der Waals surface area contributed by atoms with Gasteiger partial charge in [-0.05, 0) is 42.3 Å². The standard InChI is InChI=1S/C14H16N2O2S/c17-12(10-3-4-10)9-15-14(18)13-11(5-8-19-13)16-6-1-2-7-16/h1-2,5-8,10,12,17H,3-4,9H2,(H,15,18). The van der Waals surface area contributed by atoms with Gasteiger partial charge >= 0.3 is 0 Å². The van der Waals surface area contributed by atoms with Crippen LogP contribution >= 0.6 is 11.3 Å². The average Bonchev–Trinajstić information content (AvgIpc) is 2.94. The fraction of sp³-hybridized carbons (Fsp3) is 0.357. The molecule has 4 nitrogen and oxygen atoms in total. The highest BCUT2D eigenvalue weighted by molar-refractivity contribution is 7.12. The van der Waals surface area contributed by atoms with Gasteiger partial charge in [-0.15, -0.1) is 11.3 Å². The molecule has 1 aliphatic rings. The topological polar surface area (TPSA) is 54.3 Å². The first-order valence-corrected chi connectivity index (χ1v) is 7.31. The molecule has 1 unspecified atom stereocenters. The summed E-state index contributed by atoms with van der Waals surface area (Å²) in [7, 11) is 0. The Labute approximate surface area is 115 Å². The first-order valence-electron chi connectivity index (χ1n) is 6.43. The van der Waals surface area contributed by atoms with E-state index < -0.39 is 6.10 Å². The highest BCUT2D eigenvalue weighted by Crippen LogP contribution is 2.32. The average molecular weight is 276 g/mol. The van der Waals surface area contributed by atoms with Crippen LogP contribution in [0.2, 0.25) is 0 Å². The van der Waals surface area contributed by atoms with E-state index >= 15 is 0 Å². The Balaban J connectivity index is 1.68. The number of aliphatic hydroxyl groups is 1. The van der Waals surface area contributed by atoms with Gasteiger partial charge in [0.1, 0.15) is 4.88 Å². The molecule has 0 spiro atoms. The molecule has 3 rings (SSSR count). The molecule has 1 saturated carbocycles. The van der Waals surface area contributed by atoms with E-state index in [9.17, 15) is 9.90 Å². The Morgan fingerprint density at radius 3 is 2.89 bits per heavy atom. The molecule has 2 aromatic heterocycles. The maximum Gasteiger partial charge on any atom is 0.263 e. The van der Waals surface area contributed by atoms with Gasteiger partial charge in [-0.25, -0.2) is 0 Å². The summed E-state index contributed by atoms with van der Waals surface area (Å²) in [4.78, 5) is 12.8. The quantitative estimate of drug-likeness (QED) is 0.878. The van der Waals surface area contributed by atoms with Gasteiger partial charge in [0, 0.05) is 18.9 Å². The minimum Gasteiger partial charge on any atom is -0.391 e. The molecule has 5 heteroatoms. The minimum atomic E-state index is -0.404. The maximum absolute atomic E-state index is 12.1. The van der Waals surface area contributed by atoms with Crippen LogP contribution < -0.4 is 5.32 Å². The number of aromatic nitrogens is 1. The van der Waals surface area contributed by atoms with E-state index in [0.29, 0.717) is 17.3 Å². The predicted octanol–water partition coefficient (Wildman–Crippen LogP) is 2.04. The number of aliphatic hydroxyl groups excluding tert-OH is 1. The van der Waals surface area contributed by atoms with Crippen molar-refractivity contribution in [3.63, 3.8) is 0 Å². The van der Waals surface area contributed by atoms with Gasteiger partial charge in [0.05, 0.1) is 11.8 Å². The van der Waals surface area contributed by atoms with Crippen LogP contribution in [0.4, 0.5) is 0 Å². The van der Waals surface area contributed by atoms with Crippen LogP contribution in [0.3, 0.4) is 0 Å².